The first-order valence-corrected chi connectivity index (χ1v) is 7.48. The van der Waals surface area contributed by atoms with Gasteiger partial charge in [-0.25, -0.2) is 4.98 Å². The molecule has 1 aromatic heterocycles. The second-order valence-corrected chi connectivity index (χ2v) is 5.36. The van der Waals surface area contributed by atoms with Crippen molar-refractivity contribution in [3.63, 3.8) is 0 Å². The molecule has 1 atom stereocenters. The monoisotopic (exact) mass is 274 g/mol. The molecule has 0 amide bonds. The highest BCUT2D eigenvalue weighted by atomic mass is 16.5. The van der Waals surface area contributed by atoms with E-state index < -0.39 is 0 Å². The zero-order valence-electron chi connectivity index (χ0n) is 12.0. The van der Waals surface area contributed by atoms with E-state index in [2.05, 4.69) is 27.1 Å². The zero-order chi connectivity index (χ0) is 13.8. The Morgan fingerprint density at radius 2 is 2.35 bits per heavy atom. The summed E-state index contributed by atoms with van der Waals surface area (Å²) in [6, 6.07) is 6.40. The minimum absolute atomic E-state index is 0.202. The fraction of sp³-hybridized carbons (Fsp3) is 0.600. The third kappa shape index (κ3) is 3.40. The Kier molecular flexibility index (Phi) is 4.04. The van der Waals surface area contributed by atoms with Gasteiger partial charge in [-0.1, -0.05) is 6.07 Å². The highest BCUT2D eigenvalue weighted by molar-refractivity contribution is 5.81. The largest absolute Gasteiger partial charge is 0.472 e. The van der Waals surface area contributed by atoms with Gasteiger partial charge < -0.3 is 15.0 Å². The minimum atomic E-state index is 0.202. The Hall–Kier alpha value is -1.78. The van der Waals surface area contributed by atoms with Gasteiger partial charge in [-0.3, -0.25) is 4.99 Å². The molecule has 5 nitrogen and oxygen atoms in total. The van der Waals surface area contributed by atoms with Crippen LogP contribution in [0.3, 0.4) is 0 Å². The lowest BCUT2D eigenvalue weighted by molar-refractivity contribution is 0.205. The van der Waals surface area contributed by atoms with E-state index in [-0.39, 0.29) is 6.10 Å². The molecule has 0 radical (unpaired) electrons. The quantitative estimate of drug-likeness (QED) is 0.670. The summed E-state index contributed by atoms with van der Waals surface area (Å²) in [5.74, 6) is 1.76. The van der Waals surface area contributed by atoms with Crippen LogP contribution in [-0.4, -0.2) is 47.6 Å². The van der Waals surface area contributed by atoms with Gasteiger partial charge in [-0.2, -0.15) is 0 Å². The van der Waals surface area contributed by atoms with Gasteiger partial charge in [-0.05, 0) is 25.8 Å². The van der Waals surface area contributed by atoms with Crippen molar-refractivity contribution in [2.45, 2.75) is 38.3 Å². The van der Waals surface area contributed by atoms with Crippen molar-refractivity contribution in [3.05, 3.63) is 24.4 Å². The molecular formula is C15H22N4O. The third-order valence-corrected chi connectivity index (χ3v) is 3.59. The number of nitrogens with zero attached hydrogens (tertiary/aromatic N) is 3. The van der Waals surface area contributed by atoms with Gasteiger partial charge in [0.2, 0.25) is 5.88 Å². The van der Waals surface area contributed by atoms with Gasteiger partial charge in [0.05, 0.1) is 6.54 Å². The van der Waals surface area contributed by atoms with Gasteiger partial charge in [0.25, 0.3) is 0 Å². The van der Waals surface area contributed by atoms with Crippen LogP contribution in [0.5, 0.6) is 5.88 Å². The number of guanidine groups is 1. The standard InChI is InChI=1S/C15H22N4O/c1-2-16-15(18-12-6-7-12)19-10-8-13(11-19)20-14-5-3-4-9-17-14/h3-5,9,12-13H,2,6-8,10-11H2,1H3,(H,16,18). The number of rotatable bonds is 4. The second kappa shape index (κ2) is 6.11. The number of ether oxygens (including phenoxy) is 1. The second-order valence-electron chi connectivity index (χ2n) is 5.36. The van der Waals surface area contributed by atoms with Crippen molar-refractivity contribution in [1.82, 2.24) is 15.2 Å². The van der Waals surface area contributed by atoms with E-state index in [9.17, 15) is 0 Å². The van der Waals surface area contributed by atoms with E-state index >= 15 is 0 Å². The van der Waals surface area contributed by atoms with Crippen LogP contribution in [0.15, 0.2) is 29.4 Å². The van der Waals surface area contributed by atoms with E-state index in [1.165, 1.54) is 12.8 Å². The smallest absolute Gasteiger partial charge is 0.213 e. The molecule has 5 heteroatoms. The SMILES string of the molecule is CCN=C(NC1CC1)N1CCC(Oc2ccccn2)C1. The molecule has 0 spiro atoms. The van der Waals surface area contributed by atoms with Crippen molar-refractivity contribution in [3.8, 4) is 5.88 Å². The molecule has 1 unspecified atom stereocenters. The maximum absolute atomic E-state index is 5.92. The number of hydrogen-bond donors (Lipinski definition) is 1. The van der Waals surface area contributed by atoms with E-state index in [0.29, 0.717) is 11.9 Å². The average molecular weight is 274 g/mol. The summed E-state index contributed by atoms with van der Waals surface area (Å²) < 4.78 is 5.92. The Balaban J connectivity index is 1.56. The number of aromatic nitrogens is 1. The van der Waals surface area contributed by atoms with Gasteiger partial charge in [-0.15, -0.1) is 0 Å². The van der Waals surface area contributed by atoms with Crippen molar-refractivity contribution < 1.29 is 4.74 Å². The molecule has 0 aromatic carbocycles. The fourth-order valence-electron chi connectivity index (χ4n) is 2.40. The molecule has 2 heterocycles. The lowest BCUT2D eigenvalue weighted by atomic mass is 10.3. The van der Waals surface area contributed by atoms with E-state index in [1.807, 2.05) is 18.2 Å². The van der Waals surface area contributed by atoms with Crippen LogP contribution in [0.1, 0.15) is 26.2 Å². The first-order chi connectivity index (χ1) is 9.85. The molecule has 0 bridgehead atoms. The molecule has 1 saturated heterocycles. The van der Waals surface area contributed by atoms with Crippen molar-refractivity contribution >= 4 is 5.96 Å². The molecule has 1 saturated carbocycles. The highest BCUT2D eigenvalue weighted by Gasteiger charge is 2.30. The summed E-state index contributed by atoms with van der Waals surface area (Å²) in [7, 11) is 0. The third-order valence-electron chi connectivity index (χ3n) is 3.59. The number of likely N-dealkylation sites (tertiary alicyclic amines) is 1. The number of pyridine rings is 1. The molecule has 1 aromatic rings. The number of nitrogens with one attached hydrogen (secondary N) is 1. The number of aliphatic imine (C=N–C) groups is 1. The van der Waals surface area contributed by atoms with Crippen LogP contribution in [0, 0.1) is 0 Å². The molecule has 1 aliphatic heterocycles. The Labute approximate surface area is 120 Å². The Morgan fingerprint density at radius 3 is 3.05 bits per heavy atom. The Bertz CT molecular complexity index is 458. The van der Waals surface area contributed by atoms with E-state index in [1.54, 1.807) is 6.20 Å². The van der Waals surface area contributed by atoms with E-state index in [0.717, 1.165) is 32.0 Å². The van der Waals surface area contributed by atoms with E-state index in [4.69, 9.17) is 4.74 Å². The summed E-state index contributed by atoms with van der Waals surface area (Å²) in [5.41, 5.74) is 0. The topological polar surface area (TPSA) is 49.8 Å². The summed E-state index contributed by atoms with van der Waals surface area (Å²) >= 11 is 0. The van der Waals surface area contributed by atoms with Gasteiger partial charge in [0, 0.05) is 37.8 Å². The summed E-state index contributed by atoms with van der Waals surface area (Å²) in [5, 5.41) is 3.52. The van der Waals surface area contributed by atoms with Crippen LogP contribution in [0.2, 0.25) is 0 Å². The van der Waals surface area contributed by atoms with Crippen molar-refractivity contribution in [2.24, 2.45) is 4.99 Å². The predicted molar refractivity (Wildman–Crippen MR) is 79.0 cm³/mol. The fourth-order valence-corrected chi connectivity index (χ4v) is 2.40. The van der Waals surface area contributed by atoms with Crippen LogP contribution in [0.25, 0.3) is 0 Å². The molecule has 3 rings (SSSR count). The molecular weight excluding hydrogens is 252 g/mol. The predicted octanol–water partition coefficient (Wildman–Crippen LogP) is 1.66. The minimum Gasteiger partial charge on any atom is -0.472 e. The molecule has 1 aliphatic carbocycles. The normalized spacial score (nSPS) is 22.9. The molecule has 2 fully saturated rings. The van der Waals surface area contributed by atoms with Crippen molar-refractivity contribution in [1.29, 1.82) is 0 Å². The summed E-state index contributed by atoms with van der Waals surface area (Å²) in [6.07, 6.45) is 5.52. The summed E-state index contributed by atoms with van der Waals surface area (Å²) in [6.45, 7) is 4.77. The molecule has 108 valence electrons. The lowest BCUT2D eigenvalue weighted by Crippen LogP contribution is -2.42. The van der Waals surface area contributed by atoms with Crippen molar-refractivity contribution in [2.75, 3.05) is 19.6 Å². The first-order valence-electron chi connectivity index (χ1n) is 7.48. The van der Waals surface area contributed by atoms with Crippen LogP contribution >= 0.6 is 0 Å². The molecule has 2 aliphatic rings. The van der Waals surface area contributed by atoms with Crippen LogP contribution < -0.4 is 10.1 Å². The molecule has 1 N–H and O–H groups in total. The zero-order valence-corrected chi connectivity index (χ0v) is 12.0. The molecule has 20 heavy (non-hydrogen) atoms. The maximum Gasteiger partial charge on any atom is 0.213 e. The van der Waals surface area contributed by atoms with Gasteiger partial charge in [0.1, 0.15) is 6.10 Å². The number of hydrogen-bond acceptors (Lipinski definition) is 3. The highest BCUT2D eigenvalue weighted by Crippen LogP contribution is 2.21. The lowest BCUT2D eigenvalue weighted by Gasteiger charge is -2.21. The average Bonchev–Trinajstić information content (AvgIpc) is 3.17. The van der Waals surface area contributed by atoms with Crippen LogP contribution in [0.4, 0.5) is 0 Å². The summed E-state index contributed by atoms with van der Waals surface area (Å²) in [4.78, 5) is 11.1. The Morgan fingerprint density at radius 1 is 1.45 bits per heavy atom. The maximum atomic E-state index is 5.92. The first kappa shape index (κ1) is 13.2. The van der Waals surface area contributed by atoms with Crippen LogP contribution in [-0.2, 0) is 0 Å². The van der Waals surface area contributed by atoms with Gasteiger partial charge >= 0.3 is 0 Å². The van der Waals surface area contributed by atoms with Gasteiger partial charge in [0.15, 0.2) is 5.96 Å².